The van der Waals surface area contributed by atoms with Crippen LogP contribution < -0.4 is 4.74 Å². The number of aromatic nitrogens is 1. The Bertz CT molecular complexity index is 687. The van der Waals surface area contributed by atoms with E-state index in [1.807, 2.05) is 50.2 Å². The molecule has 0 aliphatic heterocycles. The topological polar surface area (TPSA) is 35.3 Å². The van der Waals surface area contributed by atoms with Crippen molar-refractivity contribution in [1.29, 1.82) is 0 Å². The van der Waals surface area contributed by atoms with Crippen LogP contribution in [-0.4, -0.2) is 12.1 Å². The SMILES string of the molecule is COc1c(C)cc(-c2nc3ccccc3o2)cc1C. The molecule has 0 spiro atoms. The van der Waals surface area contributed by atoms with E-state index < -0.39 is 0 Å². The number of ether oxygens (including phenoxy) is 1. The van der Waals surface area contributed by atoms with E-state index in [-0.39, 0.29) is 0 Å². The molecule has 0 N–H and O–H groups in total. The van der Waals surface area contributed by atoms with Crippen molar-refractivity contribution in [3.05, 3.63) is 47.5 Å². The number of nitrogens with zero attached hydrogens (tertiary/aromatic N) is 1. The molecule has 3 nitrogen and oxygen atoms in total. The summed E-state index contributed by atoms with van der Waals surface area (Å²) in [7, 11) is 1.69. The summed E-state index contributed by atoms with van der Waals surface area (Å²) in [6, 6.07) is 11.9. The molecule has 0 unspecified atom stereocenters. The van der Waals surface area contributed by atoms with E-state index in [2.05, 4.69) is 4.98 Å². The maximum absolute atomic E-state index is 5.79. The van der Waals surface area contributed by atoms with Crippen LogP contribution in [0.1, 0.15) is 11.1 Å². The van der Waals surface area contributed by atoms with Crippen molar-refractivity contribution in [2.75, 3.05) is 7.11 Å². The fourth-order valence-corrected chi connectivity index (χ4v) is 2.39. The number of para-hydroxylation sites is 2. The largest absolute Gasteiger partial charge is 0.496 e. The number of oxazole rings is 1. The summed E-state index contributed by atoms with van der Waals surface area (Å²) in [5.74, 6) is 1.56. The first-order valence-corrected chi connectivity index (χ1v) is 6.20. The molecule has 3 rings (SSSR count). The van der Waals surface area contributed by atoms with Crippen LogP contribution in [0.3, 0.4) is 0 Å². The van der Waals surface area contributed by atoms with Crippen LogP contribution in [0.15, 0.2) is 40.8 Å². The van der Waals surface area contributed by atoms with Crippen molar-refractivity contribution in [3.63, 3.8) is 0 Å². The average Bonchev–Trinajstić information content (AvgIpc) is 2.82. The second-order valence-electron chi connectivity index (χ2n) is 4.63. The minimum atomic E-state index is 0.648. The van der Waals surface area contributed by atoms with Crippen LogP contribution >= 0.6 is 0 Å². The zero-order valence-electron chi connectivity index (χ0n) is 11.2. The number of aryl methyl sites for hydroxylation is 2. The van der Waals surface area contributed by atoms with Gasteiger partial charge in [0.25, 0.3) is 0 Å². The highest BCUT2D eigenvalue weighted by Crippen LogP contribution is 2.31. The van der Waals surface area contributed by atoms with Gasteiger partial charge in [-0.15, -0.1) is 0 Å². The number of rotatable bonds is 2. The molecule has 0 atom stereocenters. The lowest BCUT2D eigenvalue weighted by Crippen LogP contribution is -1.92. The number of hydrogen-bond donors (Lipinski definition) is 0. The minimum absolute atomic E-state index is 0.648. The number of benzene rings is 2. The van der Waals surface area contributed by atoms with Gasteiger partial charge in [-0.25, -0.2) is 4.98 Å². The molecule has 2 aromatic carbocycles. The Morgan fingerprint density at radius 3 is 2.37 bits per heavy atom. The molecule has 0 bridgehead atoms. The highest BCUT2D eigenvalue weighted by atomic mass is 16.5. The fraction of sp³-hybridized carbons (Fsp3) is 0.188. The summed E-state index contributed by atoms with van der Waals surface area (Å²) in [6.45, 7) is 4.05. The Morgan fingerprint density at radius 1 is 1.05 bits per heavy atom. The maximum Gasteiger partial charge on any atom is 0.227 e. The molecule has 1 aromatic heterocycles. The lowest BCUT2D eigenvalue weighted by atomic mass is 10.1. The summed E-state index contributed by atoms with van der Waals surface area (Å²) in [6.07, 6.45) is 0. The third-order valence-corrected chi connectivity index (χ3v) is 3.21. The third-order valence-electron chi connectivity index (χ3n) is 3.21. The lowest BCUT2D eigenvalue weighted by Gasteiger charge is -2.09. The van der Waals surface area contributed by atoms with Gasteiger partial charge in [-0.05, 0) is 49.2 Å². The Morgan fingerprint density at radius 2 is 1.74 bits per heavy atom. The fourth-order valence-electron chi connectivity index (χ4n) is 2.39. The van der Waals surface area contributed by atoms with E-state index in [4.69, 9.17) is 9.15 Å². The van der Waals surface area contributed by atoms with Crippen molar-refractivity contribution < 1.29 is 9.15 Å². The monoisotopic (exact) mass is 253 g/mol. The molecule has 0 fully saturated rings. The van der Waals surface area contributed by atoms with Gasteiger partial charge in [0.2, 0.25) is 5.89 Å². The Hall–Kier alpha value is -2.29. The molecule has 96 valence electrons. The average molecular weight is 253 g/mol. The molecule has 1 heterocycles. The number of methoxy groups -OCH3 is 1. The van der Waals surface area contributed by atoms with Crippen molar-refractivity contribution in [1.82, 2.24) is 4.98 Å². The van der Waals surface area contributed by atoms with Gasteiger partial charge in [-0.2, -0.15) is 0 Å². The van der Waals surface area contributed by atoms with E-state index >= 15 is 0 Å². The predicted octanol–water partition coefficient (Wildman–Crippen LogP) is 4.12. The van der Waals surface area contributed by atoms with E-state index in [1.165, 1.54) is 0 Å². The van der Waals surface area contributed by atoms with E-state index in [1.54, 1.807) is 7.11 Å². The van der Waals surface area contributed by atoms with Gasteiger partial charge >= 0.3 is 0 Å². The van der Waals surface area contributed by atoms with Crippen molar-refractivity contribution in [2.45, 2.75) is 13.8 Å². The predicted molar refractivity (Wildman–Crippen MR) is 75.5 cm³/mol. The van der Waals surface area contributed by atoms with E-state index in [9.17, 15) is 0 Å². The highest BCUT2D eigenvalue weighted by molar-refractivity contribution is 5.76. The molecule has 0 aliphatic carbocycles. The van der Waals surface area contributed by atoms with Gasteiger partial charge in [0.1, 0.15) is 11.3 Å². The van der Waals surface area contributed by atoms with Crippen molar-refractivity contribution in [3.8, 4) is 17.2 Å². The Labute approximate surface area is 111 Å². The molecule has 3 aromatic rings. The smallest absolute Gasteiger partial charge is 0.227 e. The van der Waals surface area contributed by atoms with Gasteiger partial charge in [-0.3, -0.25) is 0 Å². The van der Waals surface area contributed by atoms with Crippen molar-refractivity contribution >= 4 is 11.1 Å². The number of fused-ring (bicyclic) bond motifs is 1. The highest BCUT2D eigenvalue weighted by Gasteiger charge is 2.11. The van der Waals surface area contributed by atoms with Crippen LogP contribution in [0.2, 0.25) is 0 Å². The molecule has 0 saturated carbocycles. The Balaban J connectivity index is 2.16. The van der Waals surface area contributed by atoms with Gasteiger partial charge in [0.05, 0.1) is 7.11 Å². The second-order valence-corrected chi connectivity index (χ2v) is 4.63. The molecular formula is C16H15NO2. The van der Waals surface area contributed by atoms with Crippen LogP contribution in [0.4, 0.5) is 0 Å². The summed E-state index contributed by atoms with van der Waals surface area (Å²) >= 11 is 0. The quantitative estimate of drug-likeness (QED) is 0.689. The van der Waals surface area contributed by atoms with Gasteiger partial charge in [0.15, 0.2) is 5.58 Å². The lowest BCUT2D eigenvalue weighted by molar-refractivity contribution is 0.408. The van der Waals surface area contributed by atoms with Crippen LogP contribution in [-0.2, 0) is 0 Å². The molecule has 3 heteroatoms. The zero-order valence-corrected chi connectivity index (χ0v) is 11.2. The molecule has 19 heavy (non-hydrogen) atoms. The minimum Gasteiger partial charge on any atom is -0.496 e. The van der Waals surface area contributed by atoms with Gasteiger partial charge < -0.3 is 9.15 Å². The van der Waals surface area contributed by atoms with Crippen LogP contribution in [0.25, 0.3) is 22.6 Å². The first kappa shape index (κ1) is 11.8. The zero-order chi connectivity index (χ0) is 13.4. The van der Waals surface area contributed by atoms with Gasteiger partial charge in [-0.1, -0.05) is 12.1 Å². The van der Waals surface area contributed by atoms with Crippen molar-refractivity contribution in [2.24, 2.45) is 0 Å². The maximum atomic E-state index is 5.79. The van der Waals surface area contributed by atoms with Gasteiger partial charge in [0, 0.05) is 5.56 Å². The number of hydrogen-bond acceptors (Lipinski definition) is 3. The normalized spacial score (nSPS) is 10.9. The van der Waals surface area contributed by atoms with E-state index in [0.29, 0.717) is 5.89 Å². The standard InChI is InChI=1S/C16H15NO2/c1-10-8-12(9-11(2)15(10)18-3)16-17-13-6-4-5-7-14(13)19-16/h4-9H,1-3H3. The summed E-state index contributed by atoms with van der Waals surface area (Å²) in [5, 5.41) is 0. The first-order valence-electron chi connectivity index (χ1n) is 6.20. The molecule has 0 amide bonds. The molecule has 0 saturated heterocycles. The molecular weight excluding hydrogens is 238 g/mol. The second kappa shape index (κ2) is 4.43. The van der Waals surface area contributed by atoms with Crippen LogP contribution in [0.5, 0.6) is 5.75 Å². The third kappa shape index (κ3) is 1.97. The molecule has 0 aliphatic rings. The van der Waals surface area contributed by atoms with Crippen LogP contribution in [0, 0.1) is 13.8 Å². The Kier molecular flexibility index (Phi) is 2.75. The summed E-state index contributed by atoms with van der Waals surface area (Å²) < 4.78 is 11.2. The summed E-state index contributed by atoms with van der Waals surface area (Å²) in [5.41, 5.74) is 4.83. The van der Waals surface area contributed by atoms with E-state index in [0.717, 1.165) is 33.5 Å². The summed E-state index contributed by atoms with van der Waals surface area (Å²) in [4.78, 5) is 4.51. The first-order chi connectivity index (χ1) is 9.19. The molecule has 0 radical (unpaired) electrons.